The van der Waals surface area contributed by atoms with Crippen LogP contribution in [0.5, 0.6) is 11.5 Å². The third-order valence-corrected chi connectivity index (χ3v) is 9.22. The van der Waals surface area contributed by atoms with Gasteiger partial charge in [-0.2, -0.15) is 0 Å². The Labute approximate surface area is 269 Å². The molecule has 0 saturated heterocycles. The molecule has 1 aliphatic heterocycles. The summed E-state index contributed by atoms with van der Waals surface area (Å²) in [4.78, 5) is 28.5. The molecule has 0 fully saturated rings. The minimum Gasteiger partial charge on any atom is -0.503 e. The van der Waals surface area contributed by atoms with E-state index in [1.54, 1.807) is 24.3 Å². The lowest BCUT2D eigenvalue weighted by molar-refractivity contribution is -0.117. The number of carbonyl (C=O) groups excluding carboxylic acids is 2. The number of thioether (sulfide) groups is 1. The predicted octanol–water partition coefficient (Wildman–Crippen LogP) is 7.85. The predicted molar refractivity (Wildman–Crippen MR) is 175 cm³/mol. The van der Waals surface area contributed by atoms with E-state index in [1.165, 1.54) is 41.2 Å². The van der Waals surface area contributed by atoms with E-state index < -0.39 is 23.5 Å². The van der Waals surface area contributed by atoms with Gasteiger partial charge in [-0.15, -0.1) is 10.2 Å². The zero-order chi connectivity index (χ0) is 31.1. The van der Waals surface area contributed by atoms with Crippen molar-refractivity contribution in [3.05, 3.63) is 112 Å². The molecule has 0 bridgehead atoms. The number of hydrogen-bond acceptors (Lipinski definition) is 9. The number of aromatic nitrogens is 2. The Morgan fingerprint density at radius 1 is 1.09 bits per heavy atom. The van der Waals surface area contributed by atoms with Gasteiger partial charge in [0, 0.05) is 10.8 Å². The molecule has 4 aromatic rings. The molecule has 5 rings (SSSR count). The van der Waals surface area contributed by atoms with Gasteiger partial charge in [0.05, 0.1) is 25.3 Å². The van der Waals surface area contributed by atoms with Crippen LogP contribution in [-0.4, -0.2) is 40.7 Å². The summed E-state index contributed by atoms with van der Waals surface area (Å²) >= 11 is 8.67. The first-order valence-electron chi connectivity index (χ1n) is 13.9. The normalized spacial score (nSPS) is 14.9. The van der Waals surface area contributed by atoms with Crippen LogP contribution in [0, 0.1) is 0 Å². The molecule has 0 saturated carbocycles. The van der Waals surface area contributed by atoms with Gasteiger partial charge in [-0.05, 0) is 53.5 Å². The van der Waals surface area contributed by atoms with Crippen molar-refractivity contribution < 1.29 is 24.2 Å². The number of methoxy groups -OCH3 is 1. The molecule has 226 valence electrons. The van der Waals surface area contributed by atoms with E-state index in [-0.39, 0.29) is 10.7 Å². The van der Waals surface area contributed by atoms with Crippen molar-refractivity contribution in [2.24, 2.45) is 0 Å². The summed E-state index contributed by atoms with van der Waals surface area (Å²) < 4.78 is 12.1. The highest BCUT2D eigenvalue weighted by atomic mass is 35.5. The summed E-state index contributed by atoms with van der Waals surface area (Å²) in [5.74, 6) is -0.263. The Morgan fingerprint density at radius 2 is 1.86 bits per heavy atom. The maximum Gasteiger partial charge on any atom is 0.296 e. The van der Waals surface area contributed by atoms with Gasteiger partial charge in [0.2, 0.25) is 5.13 Å². The maximum absolute atomic E-state index is 13.6. The van der Waals surface area contributed by atoms with Gasteiger partial charge in [0.15, 0.2) is 27.4 Å². The van der Waals surface area contributed by atoms with E-state index in [1.807, 2.05) is 54.6 Å². The molecular weight excluding hydrogens is 618 g/mol. The largest absolute Gasteiger partial charge is 0.503 e. The second kappa shape index (κ2) is 14.6. The number of aliphatic hydroxyl groups is 1. The molecule has 11 heteroatoms. The molecule has 8 nitrogen and oxygen atoms in total. The number of nitrogens with zero attached hydrogens (tertiary/aromatic N) is 3. The molecule has 1 aliphatic rings. The molecule has 1 N–H and O–H groups in total. The van der Waals surface area contributed by atoms with Crippen LogP contribution in [0.4, 0.5) is 5.13 Å². The zero-order valence-electron chi connectivity index (χ0n) is 24.1. The summed E-state index contributed by atoms with van der Waals surface area (Å²) in [6.07, 6.45) is 4.87. The molecule has 1 unspecified atom stereocenters. The quantitative estimate of drug-likeness (QED) is 0.0677. The number of rotatable bonds is 13. The van der Waals surface area contributed by atoms with Crippen molar-refractivity contribution in [1.29, 1.82) is 0 Å². The monoisotopic (exact) mass is 647 g/mol. The summed E-state index contributed by atoms with van der Waals surface area (Å²) in [5.41, 5.74) is 2.34. The average Bonchev–Trinajstić information content (AvgIpc) is 3.62. The number of amides is 1. The fourth-order valence-electron chi connectivity index (χ4n) is 4.58. The van der Waals surface area contributed by atoms with Crippen molar-refractivity contribution in [1.82, 2.24) is 10.2 Å². The van der Waals surface area contributed by atoms with E-state index in [0.29, 0.717) is 38.8 Å². The van der Waals surface area contributed by atoms with E-state index >= 15 is 0 Å². The molecular formula is C33H30ClN3O5S2. The van der Waals surface area contributed by atoms with Crippen LogP contribution in [0.2, 0.25) is 5.02 Å². The first kappa shape index (κ1) is 31.3. The second-order valence-corrected chi connectivity index (χ2v) is 12.4. The highest BCUT2D eigenvalue weighted by Gasteiger charge is 2.45. The van der Waals surface area contributed by atoms with Crippen molar-refractivity contribution >= 4 is 57.6 Å². The van der Waals surface area contributed by atoms with Crippen molar-refractivity contribution in [2.75, 3.05) is 18.6 Å². The van der Waals surface area contributed by atoms with E-state index in [0.717, 1.165) is 24.0 Å². The van der Waals surface area contributed by atoms with E-state index in [4.69, 9.17) is 21.1 Å². The smallest absolute Gasteiger partial charge is 0.296 e. The number of carbonyl (C=O) groups is 2. The van der Waals surface area contributed by atoms with E-state index in [2.05, 4.69) is 17.1 Å². The van der Waals surface area contributed by atoms with Gasteiger partial charge in [-0.25, -0.2) is 0 Å². The minimum atomic E-state index is -0.976. The first-order chi connectivity index (χ1) is 21.4. The first-order valence-corrected chi connectivity index (χ1v) is 16.1. The number of unbranched alkanes of at least 4 members (excludes halogenated alkanes) is 1. The third kappa shape index (κ3) is 7.15. The van der Waals surface area contributed by atoms with Gasteiger partial charge in [-0.3, -0.25) is 14.5 Å². The van der Waals surface area contributed by atoms with Gasteiger partial charge >= 0.3 is 0 Å². The van der Waals surface area contributed by atoms with Crippen LogP contribution in [0.3, 0.4) is 0 Å². The summed E-state index contributed by atoms with van der Waals surface area (Å²) in [6.45, 7) is 2.60. The maximum atomic E-state index is 13.6. The van der Waals surface area contributed by atoms with Crippen molar-refractivity contribution in [3.8, 4) is 11.5 Å². The highest BCUT2D eigenvalue weighted by Crippen LogP contribution is 2.45. The van der Waals surface area contributed by atoms with E-state index in [9.17, 15) is 14.7 Å². The zero-order valence-corrected chi connectivity index (χ0v) is 26.5. The van der Waals surface area contributed by atoms with Crippen LogP contribution >= 0.6 is 34.7 Å². The van der Waals surface area contributed by atoms with Crippen LogP contribution in [0.1, 0.15) is 42.5 Å². The number of halogens is 1. The number of anilines is 1. The van der Waals surface area contributed by atoms with Crippen LogP contribution < -0.4 is 14.4 Å². The summed E-state index contributed by atoms with van der Waals surface area (Å²) in [5, 5.41) is 20.6. The van der Waals surface area contributed by atoms with Crippen molar-refractivity contribution in [3.63, 3.8) is 0 Å². The Morgan fingerprint density at radius 3 is 2.59 bits per heavy atom. The number of benzene rings is 3. The molecule has 1 aromatic heterocycles. The topological polar surface area (TPSA) is 102 Å². The number of hydrogen-bond donors (Lipinski definition) is 1. The van der Waals surface area contributed by atoms with Crippen LogP contribution in [0.25, 0.3) is 6.08 Å². The van der Waals surface area contributed by atoms with Gasteiger partial charge in [-0.1, -0.05) is 103 Å². The fraction of sp³-hybridized carbons (Fsp3) is 0.212. The van der Waals surface area contributed by atoms with Crippen LogP contribution in [0.15, 0.2) is 94.5 Å². The number of allylic oxidation sites excluding steroid dienone is 1. The lowest BCUT2D eigenvalue weighted by atomic mass is 9.95. The SMILES string of the molecule is CCCCOc1ccc(C2C(C(=O)/C=C/c3ccccc3)=C(O)C(=O)N2c2nnc(SCc3ccc(Cl)cc3)s2)cc1OC. The van der Waals surface area contributed by atoms with Crippen LogP contribution in [-0.2, 0) is 15.3 Å². The Hall–Kier alpha value is -4.12. The minimum absolute atomic E-state index is 0.0607. The Kier molecular flexibility index (Phi) is 10.4. The van der Waals surface area contributed by atoms with Gasteiger partial charge < -0.3 is 14.6 Å². The van der Waals surface area contributed by atoms with Gasteiger partial charge in [0.1, 0.15) is 0 Å². The molecule has 0 radical (unpaired) electrons. The van der Waals surface area contributed by atoms with Gasteiger partial charge in [0.25, 0.3) is 5.91 Å². The lowest BCUT2D eigenvalue weighted by Gasteiger charge is -2.24. The lowest BCUT2D eigenvalue weighted by Crippen LogP contribution is -2.30. The highest BCUT2D eigenvalue weighted by molar-refractivity contribution is 8.00. The Balaban J connectivity index is 1.49. The fourth-order valence-corrected chi connectivity index (χ4v) is 6.53. The third-order valence-electron chi connectivity index (χ3n) is 6.84. The molecule has 0 aliphatic carbocycles. The molecule has 3 aromatic carbocycles. The number of ketones is 1. The average molecular weight is 648 g/mol. The molecule has 1 atom stereocenters. The Bertz CT molecular complexity index is 1690. The number of ether oxygens (including phenoxy) is 2. The summed E-state index contributed by atoms with van der Waals surface area (Å²) in [6, 6.07) is 21.1. The molecule has 0 spiro atoms. The molecule has 2 heterocycles. The van der Waals surface area contributed by atoms with Crippen molar-refractivity contribution in [2.45, 2.75) is 35.9 Å². The standard InChI is InChI=1S/C33H30ClN3O5S2/c1-3-4-18-42-26-17-13-23(19-27(26)41-2)29-28(25(38)16-12-21-8-6-5-7-9-21)30(39)31(40)37(29)32-35-36-33(44-32)43-20-22-10-14-24(34)15-11-22/h5-17,19,29,39H,3-4,18,20H2,1-2H3/b16-12+. The molecule has 44 heavy (non-hydrogen) atoms. The number of aliphatic hydroxyl groups excluding tert-OH is 1. The second-order valence-electron chi connectivity index (χ2n) is 9.83. The summed E-state index contributed by atoms with van der Waals surface area (Å²) in [7, 11) is 1.53. The molecule has 1 amide bonds.